The molecule has 0 spiro atoms. The minimum Gasteiger partial charge on any atom is -0.377 e. The molecule has 1 aliphatic rings. The van der Waals surface area contributed by atoms with Gasteiger partial charge in [0.15, 0.2) is 0 Å². The third kappa shape index (κ3) is 1.76. The summed E-state index contributed by atoms with van der Waals surface area (Å²) in [5, 5.41) is 0. The number of benzene rings is 1. The zero-order valence-electron chi connectivity index (χ0n) is 9.35. The van der Waals surface area contributed by atoms with Crippen molar-refractivity contribution in [3.63, 3.8) is 0 Å². The van der Waals surface area contributed by atoms with Gasteiger partial charge in [-0.05, 0) is 12.5 Å². The maximum Gasteiger partial charge on any atom is 0.315 e. The number of hydrogen-bond acceptors (Lipinski definition) is 2. The van der Waals surface area contributed by atoms with Crippen LogP contribution in [0.25, 0.3) is 0 Å². The highest BCUT2D eigenvalue weighted by molar-refractivity contribution is 5.73. The summed E-state index contributed by atoms with van der Waals surface area (Å²) in [6, 6.07) is 9.44. The van der Waals surface area contributed by atoms with E-state index in [1.807, 2.05) is 37.3 Å². The molecule has 1 heterocycles. The molecule has 0 saturated carbocycles. The number of hydrogen-bond donors (Lipinski definition) is 1. The monoisotopic (exact) mass is 220 g/mol. The summed E-state index contributed by atoms with van der Waals surface area (Å²) in [6.07, 6.45) is 0. The fourth-order valence-corrected chi connectivity index (χ4v) is 2.14. The standard InChI is InChI=1S/C12H16N2O2/c1-12(10-5-3-2-4-6-10)9-16-8-7-14(12)11(13)15/h2-6H,7-9H2,1H3,(H2,13,15). The molecule has 4 heteroatoms. The largest absolute Gasteiger partial charge is 0.377 e. The van der Waals surface area contributed by atoms with E-state index in [0.29, 0.717) is 19.8 Å². The minimum atomic E-state index is -0.453. The Labute approximate surface area is 95.0 Å². The number of morpholine rings is 1. The average molecular weight is 220 g/mol. The Kier molecular flexibility index (Phi) is 2.83. The van der Waals surface area contributed by atoms with E-state index in [2.05, 4.69) is 0 Å². The second-order valence-corrected chi connectivity index (χ2v) is 4.18. The lowest BCUT2D eigenvalue weighted by Crippen LogP contribution is -2.56. The van der Waals surface area contributed by atoms with Gasteiger partial charge in [0.25, 0.3) is 0 Å². The van der Waals surface area contributed by atoms with Gasteiger partial charge < -0.3 is 15.4 Å². The number of ether oxygens (including phenoxy) is 1. The van der Waals surface area contributed by atoms with Crippen LogP contribution in [-0.4, -0.2) is 30.7 Å². The molecule has 0 radical (unpaired) electrons. The zero-order chi connectivity index (χ0) is 11.6. The van der Waals surface area contributed by atoms with Crippen LogP contribution in [0.2, 0.25) is 0 Å². The number of carbonyl (C=O) groups excluding carboxylic acids is 1. The number of rotatable bonds is 1. The van der Waals surface area contributed by atoms with Crippen LogP contribution in [0, 0.1) is 0 Å². The number of nitrogens with zero attached hydrogens (tertiary/aromatic N) is 1. The summed E-state index contributed by atoms with van der Waals surface area (Å²) in [4.78, 5) is 13.1. The van der Waals surface area contributed by atoms with Crippen molar-refractivity contribution in [2.24, 2.45) is 5.73 Å². The van der Waals surface area contributed by atoms with Crippen LogP contribution >= 0.6 is 0 Å². The van der Waals surface area contributed by atoms with Crippen molar-refractivity contribution in [3.8, 4) is 0 Å². The van der Waals surface area contributed by atoms with Crippen molar-refractivity contribution in [1.82, 2.24) is 4.90 Å². The highest BCUT2D eigenvalue weighted by atomic mass is 16.5. The van der Waals surface area contributed by atoms with Crippen LogP contribution in [0.3, 0.4) is 0 Å². The van der Waals surface area contributed by atoms with Gasteiger partial charge in [0.05, 0.1) is 18.8 Å². The van der Waals surface area contributed by atoms with Gasteiger partial charge in [0.1, 0.15) is 0 Å². The molecule has 1 unspecified atom stereocenters. The Bertz CT molecular complexity index is 380. The third-order valence-corrected chi connectivity index (χ3v) is 3.10. The summed E-state index contributed by atoms with van der Waals surface area (Å²) in [6.45, 7) is 3.55. The Balaban J connectivity index is 2.37. The van der Waals surface area contributed by atoms with E-state index in [1.165, 1.54) is 0 Å². The maximum atomic E-state index is 11.4. The molecule has 2 amide bonds. The van der Waals surface area contributed by atoms with Crippen molar-refractivity contribution in [2.45, 2.75) is 12.5 Å². The fourth-order valence-electron chi connectivity index (χ4n) is 2.14. The molecule has 1 aromatic rings. The molecule has 0 bridgehead atoms. The molecule has 2 N–H and O–H groups in total. The number of urea groups is 1. The van der Waals surface area contributed by atoms with Gasteiger partial charge in [-0.1, -0.05) is 30.3 Å². The normalized spacial score (nSPS) is 25.4. The summed E-state index contributed by atoms with van der Waals surface area (Å²) in [5.74, 6) is 0. The fraction of sp³-hybridized carbons (Fsp3) is 0.417. The number of primary amides is 1. The van der Waals surface area contributed by atoms with Crippen LogP contribution in [0.4, 0.5) is 4.79 Å². The molecule has 4 nitrogen and oxygen atoms in total. The van der Waals surface area contributed by atoms with E-state index >= 15 is 0 Å². The Morgan fingerprint density at radius 1 is 1.44 bits per heavy atom. The van der Waals surface area contributed by atoms with E-state index in [4.69, 9.17) is 10.5 Å². The van der Waals surface area contributed by atoms with Crippen molar-refractivity contribution < 1.29 is 9.53 Å². The number of nitrogens with two attached hydrogens (primary N) is 1. The molecule has 1 fully saturated rings. The van der Waals surface area contributed by atoms with Gasteiger partial charge in [-0.15, -0.1) is 0 Å². The molecule has 1 atom stereocenters. The van der Waals surface area contributed by atoms with E-state index in [9.17, 15) is 4.79 Å². The lowest BCUT2D eigenvalue weighted by molar-refractivity contribution is -0.0379. The number of carbonyl (C=O) groups is 1. The molecule has 2 rings (SSSR count). The average Bonchev–Trinajstić information content (AvgIpc) is 2.30. The van der Waals surface area contributed by atoms with Gasteiger partial charge in [-0.2, -0.15) is 0 Å². The Morgan fingerprint density at radius 2 is 2.12 bits per heavy atom. The van der Waals surface area contributed by atoms with Crippen LogP contribution in [0.5, 0.6) is 0 Å². The zero-order valence-corrected chi connectivity index (χ0v) is 9.35. The van der Waals surface area contributed by atoms with Gasteiger partial charge in [-0.25, -0.2) is 4.79 Å². The first-order valence-corrected chi connectivity index (χ1v) is 5.35. The Morgan fingerprint density at radius 3 is 2.75 bits per heavy atom. The van der Waals surface area contributed by atoms with Crippen LogP contribution < -0.4 is 5.73 Å². The smallest absolute Gasteiger partial charge is 0.315 e. The molecule has 1 saturated heterocycles. The van der Waals surface area contributed by atoms with Crippen molar-refractivity contribution in [2.75, 3.05) is 19.8 Å². The molecular weight excluding hydrogens is 204 g/mol. The summed E-state index contributed by atoms with van der Waals surface area (Å²) in [5.41, 5.74) is 6.01. The van der Waals surface area contributed by atoms with Crippen molar-refractivity contribution >= 4 is 6.03 Å². The second-order valence-electron chi connectivity index (χ2n) is 4.18. The molecule has 16 heavy (non-hydrogen) atoms. The quantitative estimate of drug-likeness (QED) is 0.775. The van der Waals surface area contributed by atoms with Gasteiger partial charge in [0.2, 0.25) is 0 Å². The van der Waals surface area contributed by atoms with Gasteiger partial charge in [0, 0.05) is 6.54 Å². The lowest BCUT2D eigenvalue weighted by Gasteiger charge is -2.43. The van der Waals surface area contributed by atoms with Crippen molar-refractivity contribution in [3.05, 3.63) is 35.9 Å². The molecule has 0 aliphatic carbocycles. The molecule has 1 aliphatic heterocycles. The predicted octanol–water partition coefficient (Wildman–Crippen LogP) is 1.31. The molecule has 86 valence electrons. The maximum absolute atomic E-state index is 11.4. The van der Waals surface area contributed by atoms with Crippen molar-refractivity contribution in [1.29, 1.82) is 0 Å². The lowest BCUT2D eigenvalue weighted by atomic mass is 9.90. The molecule has 0 aromatic heterocycles. The Hall–Kier alpha value is -1.55. The van der Waals surface area contributed by atoms with E-state index in [-0.39, 0.29) is 0 Å². The summed E-state index contributed by atoms with van der Waals surface area (Å²) in [7, 11) is 0. The topological polar surface area (TPSA) is 55.6 Å². The molecular formula is C12H16N2O2. The first-order valence-electron chi connectivity index (χ1n) is 5.35. The van der Waals surface area contributed by atoms with Gasteiger partial charge in [-0.3, -0.25) is 0 Å². The highest BCUT2D eigenvalue weighted by Crippen LogP contribution is 2.30. The predicted molar refractivity (Wildman–Crippen MR) is 60.9 cm³/mol. The first-order chi connectivity index (χ1) is 7.64. The number of amides is 2. The van der Waals surface area contributed by atoms with Crippen LogP contribution in [-0.2, 0) is 10.3 Å². The van der Waals surface area contributed by atoms with E-state index in [1.54, 1.807) is 4.90 Å². The van der Waals surface area contributed by atoms with Crippen LogP contribution in [0.15, 0.2) is 30.3 Å². The summed E-state index contributed by atoms with van der Waals surface area (Å²) < 4.78 is 5.47. The third-order valence-electron chi connectivity index (χ3n) is 3.10. The second kappa shape index (κ2) is 4.14. The molecule has 1 aromatic carbocycles. The van der Waals surface area contributed by atoms with E-state index < -0.39 is 11.6 Å². The van der Waals surface area contributed by atoms with Gasteiger partial charge >= 0.3 is 6.03 Å². The van der Waals surface area contributed by atoms with E-state index in [0.717, 1.165) is 5.56 Å². The summed E-state index contributed by atoms with van der Waals surface area (Å²) >= 11 is 0. The van der Waals surface area contributed by atoms with Crippen LogP contribution in [0.1, 0.15) is 12.5 Å². The SMILES string of the molecule is CC1(c2ccccc2)COCCN1C(N)=O. The highest BCUT2D eigenvalue weighted by Gasteiger charge is 2.38. The first kappa shape index (κ1) is 11.0. The minimum absolute atomic E-state index is 0.394.